The quantitative estimate of drug-likeness (QED) is 0.701. The first-order valence-electron chi connectivity index (χ1n) is 8.50. The molecule has 3 rings (SSSR count). The number of aliphatic imine (C=N–C) groups is 1. The summed E-state index contributed by atoms with van der Waals surface area (Å²) >= 11 is 0.497. The number of nitrogens with one attached hydrogen (secondary N) is 1. The zero-order chi connectivity index (χ0) is 21.4. The molecule has 2 heterocycles. The maximum absolute atomic E-state index is 15.0. The van der Waals surface area contributed by atoms with Gasteiger partial charge in [0.05, 0.1) is 11.6 Å². The second-order valence-electron chi connectivity index (χ2n) is 6.62. The number of benzene rings is 1. The molecule has 154 valence electrons. The van der Waals surface area contributed by atoms with Gasteiger partial charge in [-0.2, -0.15) is 26.9 Å². The van der Waals surface area contributed by atoms with Gasteiger partial charge in [0.2, 0.25) is 0 Å². The van der Waals surface area contributed by atoms with E-state index >= 15 is 8.78 Å². The van der Waals surface area contributed by atoms with Crippen LogP contribution in [0.2, 0.25) is 0 Å². The molecule has 10 heteroatoms. The second-order valence-corrected chi connectivity index (χ2v) is 8.03. The molecule has 29 heavy (non-hydrogen) atoms. The number of carbonyl (C=O) groups excluding carboxylic acids is 1. The molecule has 2 atom stereocenters. The van der Waals surface area contributed by atoms with Crippen LogP contribution in [0.3, 0.4) is 0 Å². The van der Waals surface area contributed by atoms with Crippen molar-refractivity contribution in [3.8, 4) is 0 Å². The van der Waals surface area contributed by atoms with E-state index < -0.39 is 39.9 Å². The number of alkyl halides is 5. The van der Waals surface area contributed by atoms with Gasteiger partial charge in [0.15, 0.2) is 9.91 Å². The van der Waals surface area contributed by atoms with E-state index in [9.17, 15) is 18.0 Å². The Morgan fingerprint density at radius 1 is 1.07 bits per heavy atom. The van der Waals surface area contributed by atoms with E-state index in [2.05, 4.69) is 15.3 Å². The second kappa shape index (κ2) is 7.40. The van der Waals surface area contributed by atoms with Gasteiger partial charge in [-0.05, 0) is 37.6 Å². The highest BCUT2D eigenvalue weighted by molar-refractivity contribution is 8.16. The van der Waals surface area contributed by atoms with E-state index in [4.69, 9.17) is 0 Å². The summed E-state index contributed by atoms with van der Waals surface area (Å²) in [5.74, 6) is -4.64. The van der Waals surface area contributed by atoms with Gasteiger partial charge in [-0.15, -0.1) is 0 Å². The van der Waals surface area contributed by atoms with Crippen molar-refractivity contribution in [1.29, 1.82) is 0 Å². The van der Waals surface area contributed by atoms with Crippen molar-refractivity contribution in [3.63, 3.8) is 0 Å². The molecule has 2 aromatic rings. The van der Waals surface area contributed by atoms with Crippen LogP contribution in [0.4, 0.5) is 22.0 Å². The number of amides is 1. The lowest BCUT2D eigenvalue weighted by atomic mass is 9.95. The minimum absolute atomic E-state index is 0.0785. The third-order valence-corrected chi connectivity index (χ3v) is 5.87. The molecule has 0 saturated carbocycles. The summed E-state index contributed by atoms with van der Waals surface area (Å²) < 4.78 is 67.5. The molecule has 0 fully saturated rings. The van der Waals surface area contributed by atoms with Gasteiger partial charge in [-0.3, -0.25) is 9.78 Å². The van der Waals surface area contributed by atoms with E-state index in [1.807, 2.05) is 0 Å². The highest BCUT2D eigenvalue weighted by Crippen LogP contribution is 2.51. The Kier molecular flexibility index (Phi) is 5.42. The van der Waals surface area contributed by atoms with Crippen molar-refractivity contribution in [3.05, 3.63) is 65.5 Å². The van der Waals surface area contributed by atoms with E-state index in [0.29, 0.717) is 11.8 Å². The minimum atomic E-state index is -4.57. The van der Waals surface area contributed by atoms with Gasteiger partial charge in [0.1, 0.15) is 0 Å². The fourth-order valence-electron chi connectivity index (χ4n) is 2.95. The van der Waals surface area contributed by atoms with Crippen molar-refractivity contribution in [1.82, 2.24) is 10.3 Å². The van der Waals surface area contributed by atoms with Gasteiger partial charge >= 0.3 is 6.18 Å². The summed E-state index contributed by atoms with van der Waals surface area (Å²) in [6.45, 7) is 2.50. The normalized spacial score (nSPS) is 21.1. The Hall–Kier alpha value is -2.49. The van der Waals surface area contributed by atoms with E-state index in [1.54, 1.807) is 0 Å². The number of rotatable bonds is 4. The fraction of sp³-hybridized carbons (Fsp3) is 0.316. The molecule has 0 bridgehead atoms. The van der Waals surface area contributed by atoms with Crippen molar-refractivity contribution < 1.29 is 26.7 Å². The van der Waals surface area contributed by atoms with Crippen molar-refractivity contribution in [2.75, 3.05) is 0 Å². The molecule has 0 saturated heterocycles. The number of nitrogens with zero attached hydrogens (tertiary/aromatic N) is 2. The molecule has 1 N–H and O–H groups in total. The predicted molar refractivity (Wildman–Crippen MR) is 99.6 cm³/mol. The Morgan fingerprint density at radius 2 is 1.69 bits per heavy atom. The summed E-state index contributed by atoms with van der Waals surface area (Å²) in [4.78, 5) is 19.7. The van der Waals surface area contributed by atoms with Crippen LogP contribution in [-0.2, 0) is 16.9 Å². The predicted octanol–water partition coefficient (Wildman–Crippen LogP) is 4.93. The molecule has 0 spiro atoms. The molecule has 1 aliphatic heterocycles. The fourth-order valence-corrected chi connectivity index (χ4v) is 4.08. The first kappa shape index (κ1) is 21.2. The van der Waals surface area contributed by atoms with Gasteiger partial charge in [0, 0.05) is 18.0 Å². The molecule has 1 unspecified atom stereocenters. The Balaban J connectivity index is 1.84. The monoisotopic (exact) mass is 429 g/mol. The van der Waals surface area contributed by atoms with E-state index in [-0.39, 0.29) is 10.7 Å². The number of hydrogen-bond donors (Lipinski definition) is 1. The van der Waals surface area contributed by atoms with Crippen LogP contribution in [0, 0.1) is 0 Å². The lowest BCUT2D eigenvalue weighted by molar-refractivity contribution is -0.138. The molecular weight excluding hydrogens is 413 g/mol. The summed E-state index contributed by atoms with van der Waals surface area (Å²) in [6.07, 6.45) is -2.20. The highest BCUT2D eigenvalue weighted by atomic mass is 32.2. The van der Waals surface area contributed by atoms with Crippen LogP contribution in [-0.4, -0.2) is 20.8 Å². The number of halogens is 5. The smallest absolute Gasteiger partial charge is 0.358 e. The number of aromatic nitrogens is 1. The van der Waals surface area contributed by atoms with Gasteiger partial charge in [-0.25, -0.2) is 0 Å². The number of pyridine rings is 1. The number of carbonyl (C=O) groups is 1. The number of amidine groups is 1. The topological polar surface area (TPSA) is 54.4 Å². The van der Waals surface area contributed by atoms with Crippen molar-refractivity contribution in [2.24, 2.45) is 4.99 Å². The average molecular weight is 429 g/mol. The molecule has 0 radical (unpaired) electrons. The van der Waals surface area contributed by atoms with Gasteiger partial charge in [0.25, 0.3) is 11.8 Å². The molecule has 1 amide bonds. The van der Waals surface area contributed by atoms with E-state index in [0.717, 1.165) is 25.1 Å². The summed E-state index contributed by atoms with van der Waals surface area (Å²) in [7, 11) is 0. The standard InChI is InChI=1S/C19H16F5N3OS/c1-11(13-5-3-4-6-14(13)19(22,23)24)26-16-27-15(28)17(2,29-16)18(20,21)12-7-9-25-10-8-12/h3-11H,1-2H3,(H,26,27,28)/t11-,17?/m0/s1. The van der Waals surface area contributed by atoms with Gasteiger partial charge in [-0.1, -0.05) is 30.0 Å². The average Bonchev–Trinajstić information content (AvgIpc) is 2.96. The maximum Gasteiger partial charge on any atom is 0.416 e. The molecule has 1 aromatic heterocycles. The number of thioether (sulfide) groups is 1. The van der Waals surface area contributed by atoms with Crippen molar-refractivity contribution in [2.45, 2.75) is 36.7 Å². The largest absolute Gasteiger partial charge is 0.416 e. The highest BCUT2D eigenvalue weighted by Gasteiger charge is 2.60. The number of hydrogen-bond acceptors (Lipinski definition) is 4. The Labute approximate surface area is 167 Å². The summed E-state index contributed by atoms with van der Waals surface area (Å²) in [5, 5.41) is 2.51. The van der Waals surface area contributed by atoms with Crippen LogP contribution in [0.25, 0.3) is 0 Å². The molecule has 0 aliphatic carbocycles. The zero-order valence-corrected chi connectivity index (χ0v) is 16.1. The Bertz CT molecular complexity index is 948. The first-order chi connectivity index (χ1) is 13.5. The lowest BCUT2D eigenvalue weighted by Gasteiger charge is -2.30. The molecule has 1 aliphatic rings. The maximum atomic E-state index is 15.0. The molecule has 1 aromatic carbocycles. The minimum Gasteiger partial charge on any atom is -0.358 e. The Morgan fingerprint density at radius 3 is 2.31 bits per heavy atom. The third kappa shape index (κ3) is 3.85. The zero-order valence-electron chi connectivity index (χ0n) is 15.3. The van der Waals surface area contributed by atoms with Gasteiger partial charge < -0.3 is 5.32 Å². The first-order valence-corrected chi connectivity index (χ1v) is 9.31. The molecular formula is C19H16F5N3OS. The SMILES string of the molecule is C[C@H](NC1=NC(=O)C(C)(C(F)(F)c2ccncc2)S1)c1ccccc1C(F)(F)F. The molecule has 4 nitrogen and oxygen atoms in total. The van der Waals surface area contributed by atoms with E-state index in [1.165, 1.54) is 37.5 Å². The van der Waals surface area contributed by atoms with Crippen LogP contribution < -0.4 is 5.32 Å². The van der Waals surface area contributed by atoms with Crippen LogP contribution in [0.1, 0.15) is 36.6 Å². The van der Waals surface area contributed by atoms with Crippen LogP contribution in [0.5, 0.6) is 0 Å². The lowest BCUT2D eigenvalue weighted by Crippen LogP contribution is -2.45. The summed E-state index contributed by atoms with van der Waals surface area (Å²) in [6, 6.07) is 6.22. The van der Waals surface area contributed by atoms with Crippen LogP contribution in [0.15, 0.2) is 53.8 Å². The third-order valence-electron chi connectivity index (χ3n) is 4.63. The van der Waals surface area contributed by atoms with Crippen molar-refractivity contribution >= 4 is 22.8 Å². The van der Waals surface area contributed by atoms with Crippen LogP contribution >= 0.6 is 11.8 Å². The summed E-state index contributed by atoms with van der Waals surface area (Å²) in [5.41, 5.74) is -1.33.